The summed E-state index contributed by atoms with van der Waals surface area (Å²) >= 11 is 0. The van der Waals surface area contributed by atoms with Crippen molar-refractivity contribution in [3.05, 3.63) is 99.6 Å². The SMILES string of the molecule is COc1ccc(C(O)=C2C(=O)C(=O)N(c3ccc(NC(C)=O)cc3)[C@@H]2c2ccc([N+](=O)[O-])cc2)cc1. The summed E-state index contributed by atoms with van der Waals surface area (Å²) in [6, 6.07) is 16.9. The highest BCUT2D eigenvalue weighted by atomic mass is 16.6. The number of nitro groups is 1. The van der Waals surface area contributed by atoms with E-state index >= 15 is 0 Å². The van der Waals surface area contributed by atoms with Gasteiger partial charge in [-0.2, -0.15) is 0 Å². The lowest BCUT2D eigenvalue weighted by molar-refractivity contribution is -0.384. The number of nitrogens with one attached hydrogen (secondary N) is 1. The molecule has 0 radical (unpaired) electrons. The third-order valence-corrected chi connectivity index (χ3v) is 5.69. The number of hydrogen-bond acceptors (Lipinski definition) is 7. The van der Waals surface area contributed by atoms with Gasteiger partial charge in [-0.3, -0.25) is 29.4 Å². The van der Waals surface area contributed by atoms with Crippen molar-refractivity contribution in [2.45, 2.75) is 13.0 Å². The van der Waals surface area contributed by atoms with Crippen LogP contribution in [0.2, 0.25) is 0 Å². The molecular weight excluding hydrogens is 466 g/mol. The van der Waals surface area contributed by atoms with Gasteiger partial charge in [0.2, 0.25) is 5.91 Å². The highest BCUT2D eigenvalue weighted by molar-refractivity contribution is 6.51. The standard InChI is InChI=1S/C26H21N3O7/c1-15(30)27-18-7-11-19(12-8-18)28-23(16-3-9-20(10-4-16)29(34)35)22(25(32)26(28)33)24(31)17-5-13-21(36-2)14-6-17/h3-14,23,31H,1-2H3,(H,27,30)/t23-/m1/s1. The zero-order valence-electron chi connectivity index (χ0n) is 19.3. The lowest BCUT2D eigenvalue weighted by atomic mass is 9.95. The van der Waals surface area contributed by atoms with Gasteiger partial charge in [0.25, 0.3) is 17.4 Å². The number of carbonyl (C=O) groups excluding carboxylic acids is 3. The van der Waals surface area contributed by atoms with E-state index in [-0.39, 0.29) is 17.2 Å². The zero-order valence-corrected chi connectivity index (χ0v) is 19.3. The maximum absolute atomic E-state index is 13.2. The predicted octanol–water partition coefficient (Wildman–Crippen LogP) is 4.19. The Hall–Kier alpha value is -4.99. The highest BCUT2D eigenvalue weighted by Gasteiger charge is 2.47. The average Bonchev–Trinajstić information content (AvgIpc) is 3.14. The minimum Gasteiger partial charge on any atom is -0.507 e. The van der Waals surface area contributed by atoms with Gasteiger partial charge in [0.05, 0.1) is 23.6 Å². The van der Waals surface area contributed by atoms with Gasteiger partial charge in [-0.25, -0.2) is 0 Å². The van der Waals surface area contributed by atoms with Crippen LogP contribution in [0.1, 0.15) is 24.1 Å². The second kappa shape index (κ2) is 9.71. The summed E-state index contributed by atoms with van der Waals surface area (Å²) in [6.07, 6.45) is 0. The van der Waals surface area contributed by atoms with Gasteiger partial charge in [-0.15, -0.1) is 0 Å². The van der Waals surface area contributed by atoms with E-state index in [0.29, 0.717) is 28.3 Å². The molecule has 3 aromatic rings. The summed E-state index contributed by atoms with van der Waals surface area (Å²) in [5.41, 5.74) is 1.19. The molecule has 2 amide bonds. The number of ether oxygens (including phenoxy) is 1. The van der Waals surface area contributed by atoms with Crippen LogP contribution in [0.4, 0.5) is 17.1 Å². The fourth-order valence-electron chi connectivity index (χ4n) is 4.01. The van der Waals surface area contributed by atoms with E-state index in [1.807, 2.05) is 0 Å². The van der Waals surface area contributed by atoms with Crippen molar-refractivity contribution in [3.8, 4) is 5.75 Å². The van der Waals surface area contributed by atoms with Crippen molar-refractivity contribution in [3.63, 3.8) is 0 Å². The topological polar surface area (TPSA) is 139 Å². The Kier molecular flexibility index (Phi) is 6.51. The third kappa shape index (κ3) is 4.51. The molecule has 1 atom stereocenters. The van der Waals surface area contributed by atoms with E-state index < -0.39 is 28.4 Å². The van der Waals surface area contributed by atoms with Crippen molar-refractivity contribution in [1.29, 1.82) is 0 Å². The maximum Gasteiger partial charge on any atom is 0.300 e. The molecule has 4 rings (SSSR count). The molecule has 2 N–H and O–H groups in total. The largest absolute Gasteiger partial charge is 0.507 e. The molecule has 0 aromatic heterocycles. The molecular formula is C26H21N3O7. The Balaban J connectivity index is 1.86. The minimum atomic E-state index is -1.06. The summed E-state index contributed by atoms with van der Waals surface area (Å²) < 4.78 is 5.13. The molecule has 1 aliphatic rings. The Bertz CT molecular complexity index is 1380. The second-order valence-electron chi connectivity index (χ2n) is 7.97. The van der Waals surface area contributed by atoms with Gasteiger partial charge in [0.1, 0.15) is 11.5 Å². The van der Waals surface area contributed by atoms with Crippen LogP contribution in [0.3, 0.4) is 0 Å². The van der Waals surface area contributed by atoms with Crippen LogP contribution in [0.25, 0.3) is 5.76 Å². The first-order chi connectivity index (χ1) is 17.2. The summed E-state index contributed by atoms with van der Waals surface area (Å²) in [6.45, 7) is 1.36. The zero-order chi connectivity index (χ0) is 26.0. The van der Waals surface area contributed by atoms with E-state index in [1.165, 1.54) is 43.2 Å². The molecule has 10 nitrogen and oxygen atoms in total. The van der Waals surface area contributed by atoms with Crippen LogP contribution in [0.5, 0.6) is 5.75 Å². The maximum atomic E-state index is 13.2. The number of amides is 2. The average molecular weight is 487 g/mol. The monoisotopic (exact) mass is 487 g/mol. The fraction of sp³-hybridized carbons (Fsp3) is 0.115. The van der Waals surface area contributed by atoms with Crippen molar-refractivity contribution in [1.82, 2.24) is 0 Å². The number of aliphatic hydroxyl groups excluding tert-OH is 1. The van der Waals surface area contributed by atoms with E-state index in [4.69, 9.17) is 4.74 Å². The lowest BCUT2D eigenvalue weighted by Crippen LogP contribution is -2.29. The molecule has 1 saturated heterocycles. The molecule has 0 unspecified atom stereocenters. The number of nitrogens with zero attached hydrogens (tertiary/aromatic N) is 2. The highest BCUT2D eigenvalue weighted by Crippen LogP contribution is 2.42. The molecule has 0 bridgehead atoms. The smallest absolute Gasteiger partial charge is 0.300 e. The van der Waals surface area contributed by atoms with E-state index in [0.717, 1.165) is 0 Å². The van der Waals surface area contributed by atoms with Crippen LogP contribution in [-0.4, -0.2) is 34.7 Å². The quantitative estimate of drug-likeness (QED) is 0.175. The summed E-state index contributed by atoms with van der Waals surface area (Å²) in [5, 5.41) is 24.9. The predicted molar refractivity (Wildman–Crippen MR) is 132 cm³/mol. The van der Waals surface area contributed by atoms with Crippen molar-refractivity contribution >= 4 is 40.4 Å². The first-order valence-corrected chi connectivity index (χ1v) is 10.8. The molecule has 3 aromatic carbocycles. The van der Waals surface area contributed by atoms with Gasteiger partial charge >= 0.3 is 0 Å². The van der Waals surface area contributed by atoms with Gasteiger partial charge in [0.15, 0.2) is 0 Å². The van der Waals surface area contributed by atoms with Gasteiger partial charge in [-0.1, -0.05) is 0 Å². The van der Waals surface area contributed by atoms with Crippen molar-refractivity contribution in [2.75, 3.05) is 17.3 Å². The summed E-state index contributed by atoms with van der Waals surface area (Å²) in [5.74, 6) is -1.90. The lowest BCUT2D eigenvalue weighted by Gasteiger charge is -2.25. The molecule has 0 spiro atoms. The second-order valence-corrected chi connectivity index (χ2v) is 7.97. The van der Waals surface area contributed by atoms with Crippen LogP contribution >= 0.6 is 0 Å². The number of ketones is 1. The van der Waals surface area contributed by atoms with Crippen LogP contribution in [-0.2, 0) is 14.4 Å². The molecule has 36 heavy (non-hydrogen) atoms. The molecule has 182 valence electrons. The number of benzene rings is 3. The molecule has 1 heterocycles. The number of Topliss-reactive ketones (excluding diaryl/α,β-unsaturated/α-hetero) is 1. The van der Waals surface area contributed by atoms with Crippen LogP contribution in [0.15, 0.2) is 78.4 Å². The normalized spacial score (nSPS) is 16.6. The van der Waals surface area contributed by atoms with Crippen molar-refractivity contribution < 1.29 is 29.2 Å². The fourth-order valence-corrected chi connectivity index (χ4v) is 4.01. The Morgan fingerprint density at radius 2 is 1.61 bits per heavy atom. The number of non-ortho nitro benzene ring substituents is 1. The number of aliphatic hydroxyl groups is 1. The van der Waals surface area contributed by atoms with Gasteiger partial charge < -0.3 is 15.2 Å². The molecule has 0 aliphatic carbocycles. The Morgan fingerprint density at radius 1 is 1.00 bits per heavy atom. The number of rotatable bonds is 6. The first-order valence-electron chi connectivity index (χ1n) is 10.8. The van der Waals surface area contributed by atoms with Crippen molar-refractivity contribution in [2.24, 2.45) is 0 Å². The summed E-state index contributed by atoms with van der Waals surface area (Å²) in [7, 11) is 1.49. The van der Waals surface area contributed by atoms with Gasteiger partial charge in [0, 0.05) is 36.0 Å². The number of hydrogen-bond donors (Lipinski definition) is 2. The number of nitro benzene ring substituents is 1. The number of methoxy groups -OCH3 is 1. The third-order valence-electron chi connectivity index (χ3n) is 5.69. The minimum absolute atomic E-state index is 0.162. The number of carbonyl (C=O) groups is 3. The van der Waals surface area contributed by atoms with Gasteiger partial charge in [-0.05, 0) is 66.2 Å². The van der Waals surface area contributed by atoms with Crippen LogP contribution in [0, 0.1) is 10.1 Å². The van der Waals surface area contributed by atoms with E-state index in [1.54, 1.807) is 48.5 Å². The molecule has 1 fully saturated rings. The first kappa shape index (κ1) is 24.1. The van der Waals surface area contributed by atoms with E-state index in [2.05, 4.69) is 5.32 Å². The van der Waals surface area contributed by atoms with Crippen LogP contribution < -0.4 is 15.0 Å². The van der Waals surface area contributed by atoms with E-state index in [9.17, 15) is 29.6 Å². The Labute approximate surface area is 205 Å². The Morgan fingerprint density at radius 3 is 2.14 bits per heavy atom. The molecule has 10 heteroatoms. The molecule has 0 saturated carbocycles. The molecule has 1 aliphatic heterocycles. The number of anilines is 2. The summed E-state index contributed by atoms with van der Waals surface area (Å²) in [4.78, 5) is 49.6.